The molecule has 2 rings (SSSR count). The first-order chi connectivity index (χ1) is 11.0. The van der Waals surface area contributed by atoms with Crippen LogP contribution in [-0.2, 0) is 0 Å². The fraction of sp³-hybridized carbons (Fsp3) is 0.176. The topological polar surface area (TPSA) is 58.2 Å². The fourth-order valence-corrected chi connectivity index (χ4v) is 2.10. The van der Waals surface area contributed by atoms with Crippen molar-refractivity contribution in [2.24, 2.45) is 0 Å². The van der Waals surface area contributed by atoms with Crippen molar-refractivity contribution < 1.29 is 14.0 Å². The van der Waals surface area contributed by atoms with Gasteiger partial charge in [0.15, 0.2) is 0 Å². The number of nitrogens with one attached hydrogen (secondary N) is 2. The number of benzene rings is 2. The molecule has 2 N–H and O–H groups in total. The fourth-order valence-electron chi connectivity index (χ4n) is 1.92. The largest absolute Gasteiger partial charge is 0.352 e. The molecule has 4 nitrogen and oxygen atoms in total. The zero-order chi connectivity index (χ0) is 16.8. The summed E-state index contributed by atoms with van der Waals surface area (Å²) < 4.78 is 13.1. The Hall–Kier alpha value is -2.40. The maximum atomic E-state index is 13.1. The van der Waals surface area contributed by atoms with Crippen LogP contribution >= 0.6 is 11.6 Å². The third kappa shape index (κ3) is 4.53. The van der Waals surface area contributed by atoms with Gasteiger partial charge in [0, 0.05) is 23.4 Å². The van der Waals surface area contributed by atoms with Crippen molar-refractivity contribution in [3.05, 3.63) is 64.4 Å². The van der Waals surface area contributed by atoms with E-state index in [-0.39, 0.29) is 10.9 Å². The van der Waals surface area contributed by atoms with Crippen molar-refractivity contribution in [3.63, 3.8) is 0 Å². The first kappa shape index (κ1) is 17.0. The average Bonchev–Trinajstić information content (AvgIpc) is 2.56. The molecule has 2 amide bonds. The average molecular weight is 335 g/mol. The molecule has 0 aromatic heterocycles. The Kier molecular flexibility index (Phi) is 5.71. The maximum Gasteiger partial charge on any atom is 0.255 e. The highest BCUT2D eigenvalue weighted by Crippen LogP contribution is 2.20. The summed E-state index contributed by atoms with van der Waals surface area (Å²) in [4.78, 5) is 24.1. The monoisotopic (exact) mass is 334 g/mol. The summed E-state index contributed by atoms with van der Waals surface area (Å²) in [6, 6.07) is 10.3. The smallest absolute Gasteiger partial charge is 0.255 e. The Labute approximate surface area is 138 Å². The zero-order valence-corrected chi connectivity index (χ0v) is 13.3. The molecule has 0 saturated heterocycles. The summed E-state index contributed by atoms with van der Waals surface area (Å²) in [7, 11) is 0. The molecule has 0 heterocycles. The predicted octanol–water partition coefficient (Wildman–Crippen LogP) is 3.87. The molecular formula is C17H16ClFN2O2. The Bertz CT molecular complexity index is 734. The lowest BCUT2D eigenvalue weighted by atomic mass is 10.1. The van der Waals surface area contributed by atoms with Crippen LogP contribution in [-0.4, -0.2) is 18.4 Å². The summed E-state index contributed by atoms with van der Waals surface area (Å²) in [5.74, 6) is -1.19. The summed E-state index contributed by atoms with van der Waals surface area (Å²) in [6.45, 7) is 2.53. The number of halogens is 2. The lowest BCUT2D eigenvalue weighted by Crippen LogP contribution is -2.24. The third-order valence-electron chi connectivity index (χ3n) is 3.10. The van der Waals surface area contributed by atoms with Gasteiger partial charge in [0.2, 0.25) is 0 Å². The Morgan fingerprint density at radius 1 is 1.09 bits per heavy atom. The molecule has 0 bridgehead atoms. The van der Waals surface area contributed by atoms with Crippen molar-refractivity contribution in [1.82, 2.24) is 5.32 Å². The van der Waals surface area contributed by atoms with E-state index < -0.39 is 11.7 Å². The van der Waals surface area contributed by atoms with Gasteiger partial charge in [0.05, 0.1) is 5.02 Å². The highest BCUT2D eigenvalue weighted by molar-refractivity contribution is 6.31. The summed E-state index contributed by atoms with van der Waals surface area (Å²) in [5.41, 5.74) is 1.11. The minimum absolute atomic E-state index is 0.0736. The first-order valence-corrected chi connectivity index (χ1v) is 7.53. The van der Waals surface area contributed by atoms with Gasteiger partial charge in [-0.3, -0.25) is 9.59 Å². The van der Waals surface area contributed by atoms with Crippen LogP contribution in [0.1, 0.15) is 34.1 Å². The van der Waals surface area contributed by atoms with Crippen LogP contribution in [0.2, 0.25) is 5.02 Å². The number of anilines is 1. The summed E-state index contributed by atoms with van der Waals surface area (Å²) in [5, 5.41) is 5.29. The minimum Gasteiger partial charge on any atom is -0.352 e. The maximum absolute atomic E-state index is 13.1. The number of carbonyl (C=O) groups is 2. The molecule has 0 saturated carbocycles. The van der Waals surface area contributed by atoms with Crippen LogP contribution in [0.25, 0.3) is 0 Å². The van der Waals surface area contributed by atoms with Crippen LogP contribution in [0.4, 0.5) is 10.1 Å². The molecule has 2 aromatic carbocycles. The number of amides is 2. The van der Waals surface area contributed by atoms with Gasteiger partial charge in [-0.05, 0) is 42.8 Å². The molecule has 0 unspecified atom stereocenters. The molecule has 0 aliphatic carbocycles. The number of rotatable bonds is 5. The molecule has 0 radical (unpaired) electrons. The molecule has 6 heteroatoms. The first-order valence-electron chi connectivity index (χ1n) is 7.16. The molecule has 0 fully saturated rings. The molecule has 2 aromatic rings. The van der Waals surface area contributed by atoms with Crippen LogP contribution in [0.3, 0.4) is 0 Å². The Morgan fingerprint density at radius 3 is 2.43 bits per heavy atom. The SMILES string of the molecule is CCCNC(=O)c1cccc(C(=O)Nc2ccc(F)c(Cl)c2)c1. The Morgan fingerprint density at radius 2 is 1.78 bits per heavy atom. The highest BCUT2D eigenvalue weighted by atomic mass is 35.5. The lowest BCUT2D eigenvalue weighted by molar-refractivity contribution is 0.0953. The van der Waals surface area contributed by atoms with Gasteiger partial charge in [-0.2, -0.15) is 0 Å². The molecule has 23 heavy (non-hydrogen) atoms. The van der Waals surface area contributed by atoms with E-state index in [1.165, 1.54) is 24.3 Å². The van der Waals surface area contributed by atoms with E-state index in [1.54, 1.807) is 18.2 Å². The zero-order valence-electron chi connectivity index (χ0n) is 12.5. The van der Waals surface area contributed by atoms with Crippen molar-refractivity contribution in [1.29, 1.82) is 0 Å². The highest BCUT2D eigenvalue weighted by Gasteiger charge is 2.11. The van der Waals surface area contributed by atoms with E-state index in [1.807, 2.05) is 6.92 Å². The normalized spacial score (nSPS) is 10.2. The van der Waals surface area contributed by atoms with Gasteiger partial charge in [-0.1, -0.05) is 24.6 Å². The number of carbonyl (C=O) groups excluding carboxylic acids is 2. The molecule has 0 spiro atoms. The summed E-state index contributed by atoms with van der Waals surface area (Å²) in [6.07, 6.45) is 0.831. The number of hydrogen-bond acceptors (Lipinski definition) is 2. The van der Waals surface area contributed by atoms with E-state index in [2.05, 4.69) is 10.6 Å². The van der Waals surface area contributed by atoms with E-state index in [4.69, 9.17) is 11.6 Å². The lowest BCUT2D eigenvalue weighted by Gasteiger charge is -2.08. The molecular weight excluding hydrogens is 319 g/mol. The van der Waals surface area contributed by atoms with Gasteiger partial charge in [0.1, 0.15) is 5.82 Å². The van der Waals surface area contributed by atoms with Crippen LogP contribution < -0.4 is 10.6 Å². The second kappa shape index (κ2) is 7.74. The van der Waals surface area contributed by atoms with Crippen molar-refractivity contribution in [2.45, 2.75) is 13.3 Å². The van der Waals surface area contributed by atoms with Gasteiger partial charge >= 0.3 is 0 Å². The second-order valence-electron chi connectivity index (χ2n) is 4.92. The standard InChI is InChI=1S/C17H16ClFN2O2/c1-2-8-20-16(22)11-4-3-5-12(9-11)17(23)21-13-6-7-15(19)14(18)10-13/h3-7,9-10H,2,8H2,1H3,(H,20,22)(H,21,23). The molecule has 0 aliphatic heterocycles. The van der Waals surface area contributed by atoms with Gasteiger partial charge < -0.3 is 10.6 Å². The van der Waals surface area contributed by atoms with Crippen LogP contribution in [0.15, 0.2) is 42.5 Å². The van der Waals surface area contributed by atoms with E-state index in [9.17, 15) is 14.0 Å². The van der Waals surface area contributed by atoms with Gasteiger partial charge in [-0.15, -0.1) is 0 Å². The number of hydrogen-bond donors (Lipinski definition) is 2. The van der Waals surface area contributed by atoms with Crippen molar-refractivity contribution in [2.75, 3.05) is 11.9 Å². The minimum atomic E-state index is -0.556. The van der Waals surface area contributed by atoms with Crippen molar-refractivity contribution >= 4 is 29.1 Å². The van der Waals surface area contributed by atoms with E-state index in [0.717, 1.165) is 6.42 Å². The van der Waals surface area contributed by atoms with Crippen LogP contribution in [0.5, 0.6) is 0 Å². The summed E-state index contributed by atoms with van der Waals surface area (Å²) >= 11 is 5.68. The third-order valence-corrected chi connectivity index (χ3v) is 3.39. The van der Waals surface area contributed by atoms with E-state index in [0.29, 0.717) is 23.4 Å². The quantitative estimate of drug-likeness (QED) is 0.872. The molecule has 0 atom stereocenters. The Balaban J connectivity index is 2.13. The predicted molar refractivity (Wildman–Crippen MR) is 88.4 cm³/mol. The van der Waals surface area contributed by atoms with Crippen LogP contribution in [0, 0.1) is 5.82 Å². The van der Waals surface area contributed by atoms with E-state index >= 15 is 0 Å². The van der Waals surface area contributed by atoms with Gasteiger partial charge in [-0.25, -0.2) is 4.39 Å². The van der Waals surface area contributed by atoms with Gasteiger partial charge in [0.25, 0.3) is 11.8 Å². The molecule has 0 aliphatic rings. The van der Waals surface area contributed by atoms with Crippen molar-refractivity contribution in [3.8, 4) is 0 Å². The second-order valence-corrected chi connectivity index (χ2v) is 5.33. The molecule has 120 valence electrons.